The first kappa shape index (κ1) is 23.8. The lowest BCUT2D eigenvalue weighted by atomic mass is 9.99. The van der Waals surface area contributed by atoms with Gasteiger partial charge in [-0.2, -0.15) is 0 Å². The van der Waals surface area contributed by atoms with Gasteiger partial charge in [-0.25, -0.2) is 0 Å². The third-order valence-corrected chi connectivity index (χ3v) is 8.19. The van der Waals surface area contributed by atoms with Gasteiger partial charge in [-0.05, 0) is 80.9 Å². The summed E-state index contributed by atoms with van der Waals surface area (Å²) in [7, 11) is -1.85. The molecule has 1 nitrogen and oxygen atoms in total. The maximum Gasteiger partial charge on any atom is 0.415 e. The molecule has 6 aromatic carbocycles. The van der Waals surface area contributed by atoms with E-state index in [1.54, 1.807) is 0 Å². The minimum Gasteiger partial charge on any atom is -0.0622 e. The van der Waals surface area contributed by atoms with Crippen molar-refractivity contribution in [2.45, 2.75) is 0 Å². The van der Waals surface area contributed by atoms with Crippen LogP contribution < -0.4 is 10.6 Å². The average Bonchev–Trinajstić information content (AvgIpc) is 3.02. The number of hydrogen-bond donors (Lipinski definition) is 0. The van der Waals surface area contributed by atoms with E-state index in [-0.39, 0.29) is 0 Å². The van der Waals surface area contributed by atoms with Crippen LogP contribution in [0.1, 0.15) is 0 Å². The van der Waals surface area contributed by atoms with Crippen LogP contribution in [0.5, 0.6) is 0 Å². The summed E-state index contributed by atoms with van der Waals surface area (Å²) in [6.45, 7) is 0. The summed E-state index contributed by atoms with van der Waals surface area (Å²) in [5.41, 5.74) is 8.69. The molecule has 0 N–H and O–H groups in total. The van der Waals surface area contributed by atoms with E-state index in [1.807, 2.05) is 72.8 Å². The second-order valence-corrected chi connectivity index (χ2v) is 10.9. The molecule has 0 bridgehead atoms. The third kappa shape index (κ3) is 5.11. The Kier molecular flexibility index (Phi) is 6.77. The van der Waals surface area contributed by atoms with E-state index in [9.17, 15) is 4.57 Å². The van der Waals surface area contributed by atoms with Crippen LogP contribution in [0.4, 0.5) is 0 Å². The summed E-state index contributed by atoms with van der Waals surface area (Å²) in [6, 6.07) is 53.9. The third-order valence-electron chi connectivity index (χ3n) is 6.73. The van der Waals surface area contributed by atoms with Gasteiger partial charge in [0.1, 0.15) is 0 Å². The molecule has 0 fully saturated rings. The maximum atomic E-state index is 14.3. The van der Waals surface area contributed by atoms with E-state index in [0.29, 0.717) is 0 Å². The molecule has 0 spiro atoms. The van der Waals surface area contributed by atoms with Gasteiger partial charge < -0.3 is 0 Å². The molecule has 38 heavy (non-hydrogen) atoms. The van der Waals surface area contributed by atoms with Crippen LogP contribution in [0.15, 0.2) is 158 Å². The molecule has 0 saturated carbocycles. The fourth-order valence-corrected chi connectivity index (χ4v) is 6.12. The van der Waals surface area contributed by atoms with Crippen molar-refractivity contribution in [3.8, 4) is 44.5 Å². The van der Waals surface area contributed by atoms with E-state index < -0.39 is 7.80 Å². The molecule has 0 aliphatic heterocycles. The van der Waals surface area contributed by atoms with Crippen LogP contribution in [0.25, 0.3) is 44.5 Å². The standard InChI is InChI=1S/C36H26OP/c37-38(35-23-31(27-13-5-1-6-14-27)21-32(24-35)28-15-7-2-8-16-28)36-25-33(29-17-9-3-10-18-29)22-34(26-36)30-19-11-4-12-20-30/h1-26H/q+1. The molecule has 6 rings (SSSR count). The highest BCUT2D eigenvalue weighted by atomic mass is 31.1. The van der Waals surface area contributed by atoms with Gasteiger partial charge in [-0.1, -0.05) is 126 Å². The van der Waals surface area contributed by atoms with Crippen LogP contribution in [-0.4, -0.2) is 0 Å². The Labute approximate surface area is 224 Å². The fraction of sp³-hybridized carbons (Fsp3) is 0. The molecule has 6 aromatic rings. The number of benzene rings is 6. The lowest BCUT2D eigenvalue weighted by Crippen LogP contribution is -2.09. The van der Waals surface area contributed by atoms with E-state index in [0.717, 1.165) is 55.1 Å². The molecule has 0 aliphatic carbocycles. The highest BCUT2D eigenvalue weighted by Crippen LogP contribution is 2.33. The largest absolute Gasteiger partial charge is 0.415 e. The summed E-state index contributed by atoms with van der Waals surface area (Å²) in [4.78, 5) is 0. The second kappa shape index (κ2) is 10.8. The first-order chi connectivity index (χ1) is 18.7. The molecular formula is C36H26OP+. The Hall–Kier alpha value is -4.58. The first-order valence-electron chi connectivity index (χ1n) is 12.7. The predicted octanol–water partition coefficient (Wildman–Crippen LogP) is 9.13. The van der Waals surface area contributed by atoms with Crippen molar-refractivity contribution in [2.75, 3.05) is 0 Å². The zero-order chi connectivity index (χ0) is 25.7. The quantitative estimate of drug-likeness (QED) is 0.206. The van der Waals surface area contributed by atoms with Gasteiger partial charge in [0.25, 0.3) is 0 Å². The SMILES string of the molecule is O=[P+](c1cc(-c2ccccc2)cc(-c2ccccc2)c1)c1cc(-c2ccccc2)cc(-c2ccccc2)c1. The molecule has 0 atom stereocenters. The smallest absolute Gasteiger partial charge is 0.0622 e. The van der Waals surface area contributed by atoms with Crippen molar-refractivity contribution >= 4 is 18.4 Å². The zero-order valence-corrected chi connectivity index (χ0v) is 21.8. The molecule has 0 unspecified atom stereocenters. The summed E-state index contributed by atoms with van der Waals surface area (Å²) in [5, 5.41) is 1.65. The van der Waals surface area contributed by atoms with Crippen molar-refractivity contribution < 1.29 is 4.57 Å². The Morgan fingerprint density at radius 1 is 0.289 bits per heavy atom. The summed E-state index contributed by atoms with van der Waals surface area (Å²) in [6.07, 6.45) is 0. The molecule has 0 amide bonds. The number of hydrogen-bond acceptors (Lipinski definition) is 1. The molecule has 2 heteroatoms. The lowest BCUT2D eigenvalue weighted by Gasteiger charge is -2.08. The van der Waals surface area contributed by atoms with Gasteiger partial charge in [0.15, 0.2) is 10.6 Å². The van der Waals surface area contributed by atoms with Crippen molar-refractivity contribution in [1.82, 2.24) is 0 Å². The van der Waals surface area contributed by atoms with Gasteiger partial charge in [0.05, 0.1) is 0 Å². The Balaban J connectivity index is 1.51. The molecule has 0 aromatic heterocycles. The zero-order valence-electron chi connectivity index (χ0n) is 20.9. The lowest BCUT2D eigenvalue weighted by molar-refractivity contribution is 0.598. The molecule has 0 aliphatic rings. The van der Waals surface area contributed by atoms with Crippen molar-refractivity contribution in [1.29, 1.82) is 0 Å². The van der Waals surface area contributed by atoms with Crippen molar-refractivity contribution in [3.05, 3.63) is 158 Å². The van der Waals surface area contributed by atoms with E-state index >= 15 is 0 Å². The first-order valence-corrected chi connectivity index (χ1v) is 14.0. The van der Waals surface area contributed by atoms with Crippen LogP contribution in [0, 0.1) is 0 Å². The summed E-state index contributed by atoms with van der Waals surface area (Å²) < 4.78 is 14.3. The Bertz CT molecular complexity index is 1450. The van der Waals surface area contributed by atoms with Gasteiger partial charge in [-0.3, -0.25) is 0 Å². The molecule has 0 heterocycles. The van der Waals surface area contributed by atoms with Crippen LogP contribution >= 0.6 is 7.80 Å². The van der Waals surface area contributed by atoms with Crippen molar-refractivity contribution in [2.24, 2.45) is 0 Å². The predicted molar refractivity (Wildman–Crippen MR) is 162 cm³/mol. The van der Waals surface area contributed by atoms with Gasteiger partial charge in [0, 0.05) is 0 Å². The second-order valence-electron chi connectivity index (χ2n) is 9.30. The van der Waals surface area contributed by atoms with E-state index in [2.05, 4.69) is 84.9 Å². The van der Waals surface area contributed by atoms with E-state index in [1.165, 1.54) is 0 Å². The highest BCUT2D eigenvalue weighted by molar-refractivity contribution is 7.61. The Morgan fingerprint density at radius 2 is 0.526 bits per heavy atom. The van der Waals surface area contributed by atoms with E-state index in [4.69, 9.17) is 0 Å². The molecular weight excluding hydrogens is 479 g/mol. The van der Waals surface area contributed by atoms with Gasteiger partial charge in [0.2, 0.25) is 0 Å². The summed E-state index contributed by atoms with van der Waals surface area (Å²) >= 11 is 0. The normalized spacial score (nSPS) is 10.7. The van der Waals surface area contributed by atoms with Gasteiger partial charge >= 0.3 is 7.80 Å². The Morgan fingerprint density at radius 3 is 0.763 bits per heavy atom. The topological polar surface area (TPSA) is 17.1 Å². The average molecular weight is 506 g/mol. The number of rotatable bonds is 6. The monoisotopic (exact) mass is 505 g/mol. The molecule has 0 radical (unpaired) electrons. The highest BCUT2D eigenvalue weighted by Gasteiger charge is 2.27. The maximum absolute atomic E-state index is 14.3. The molecule has 180 valence electrons. The minimum atomic E-state index is -1.85. The summed E-state index contributed by atoms with van der Waals surface area (Å²) in [5.74, 6) is 0. The minimum absolute atomic E-state index is 0.824. The van der Waals surface area contributed by atoms with Crippen LogP contribution in [-0.2, 0) is 4.57 Å². The van der Waals surface area contributed by atoms with Crippen molar-refractivity contribution in [3.63, 3.8) is 0 Å². The fourth-order valence-electron chi connectivity index (χ4n) is 4.80. The molecule has 0 saturated heterocycles. The van der Waals surface area contributed by atoms with Crippen LogP contribution in [0.3, 0.4) is 0 Å². The van der Waals surface area contributed by atoms with Crippen LogP contribution in [0.2, 0.25) is 0 Å². The van der Waals surface area contributed by atoms with Gasteiger partial charge in [-0.15, -0.1) is 0 Å².